The lowest BCUT2D eigenvalue weighted by Gasteiger charge is -2.38. The molecular weight excluding hydrogens is 260 g/mol. The number of carbonyl (C=O) groups excluding carboxylic acids is 1. The standard InChI is InChI=1S/C15H26N2O.ClH/c16-10-12-6-2-7-13(12)15(18)17-9-3-8-14(17)11-4-1-5-11;/h11-14H,1-10,16H2;1H/t12-,13-,14?;/m1./s1. The van der Waals surface area contributed by atoms with Crippen molar-refractivity contribution in [2.45, 2.75) is 57.4 Å². The van der Waals surface area contributed by atoms with Crippen molar-refractivity contribution in [1.29, 1.82) is 0 Å². The highest BCUT2D eigenvalue weighted by atomic mass is 35.5. The predicted octanol–water partition coefficient (Wildman–Crippen LogP) is 2.57. The van der Waals surface area contributed by atoms with Gasteiger partial charge < -0.3 is 10.6 Å². The first-order chi connectivity index (χ1) is 8.81. The number of likely N-dealkylation sites (tertiary alicyclic amines) is 1. The van der Waals surface area contributed by atoms with Crippen molar-refractivity contribution in [1.82, 2.24) is 4.90 Å². The van der Waals surface area contributed by atoms with Gasteiger partial charge in [-0.25, -0.2) is 0 Å². The highest BCUT2D eigenvalue weighted by Gasteiger charge is 2.42. The Labute approximate surface area is 122 Å². The van der Waals surface area contributed by atoms with Crippen LogP contribution in [-0.4, -0.2) is 29.9 Å². The molecule has 2 aliphatic carbocycles. The molecule has 110 valence electrons. The average Bonchev–Trinajstić information content (AvgIpc) is 2.93. The summed E-state index contributed by atoms with van der Waals surface area (Å²) in [7, 11) is 0. The molecule has 2 N–H and O–H groups in total. The summed E-state index contributed by atoms with van der Waals surface area (Å²) >= 11 is 0. The van der Waals surface area contributed by atoms with E-state index in [-0.39, 0.29) is 18.3 Å². The molecule has 19 heavy (non-hydrogen) atoms. The fourth-order valence-electron chi connectivity index (χ4n) is 4.24. The largest absolute Gasteiger partial charge is 0.339 e. The molecule has 1 aliphatic heterocycles. The SMILES string of the molecule is Cl.NC[C@H]1CCC[C@H]1C(=O)N1CCCC1C1CCC1. The minimum absolute atomic E-state index is 0. The zero-order valence-corrected chi connectivity index (χ0v) is 12.5. The van der Waals surface area contributed by atoms with Crippen molar-refractivity contribution < 1.29 is 4.79 Å². The van der Waals surface area contributed by atoms with Crippen molar-refractivity contribution in [3.8, 4) is 0 Å². The van der Waals surface area contributed by atoms with Gasteiger partial charge in [0.1, 0.15) is 0 Å². The Morgan fingerprint density at radius 2 is 1.79 bits per heavy atom. The fourth-order valence-corrected chi connectivity index (χ4v) is 4.24. The van der Waals surface area contributed by atoms with Crippen LogP contribution in [0.4, 0.5) is 0 Å². The van der Waals surface area contributed by atoms with Gasteiger partial charge in [0, 0.05) is 18.5 Å². The van der Waals surface area contributed by atoms with Crippen LogP contribution >= 0.6 is 12.4 Å². The molecule has 3 fully saturated rings. The molecule has 1 unspecified atom stereocenters. The van der Waals surface area contributed by atoms with E-state index in [2.05, 4.69) is 4.90 Å². The third-order valence-corrected chi connectivity index (χ3v) is 5.56. The Morgan fingerprint density at radius 3 is 2.42 bits per heavy atom. The van der Waals surface area contributed by atoms with Gasteiger partial charge >= 0.3 is 0 Å². The Balaban J connectivity index is 0.00000133. The van der Waals surface area contributed by atoms with Crippen molar-refractivity contribution >= 4 is 18.3 Å². The number of carbonyl (C=O) groups is 1. The summed E-state index contributed by atoms with van der Waals surface area (Å²) < 4.78 is 0. The van der Waals surface area contributed by atoms with Gasteiger partial charge in [0.25, 0.3) is 0 Å². The van der Waals surface area contributed by atoms with E-state index < -0.39 is 0 Å². The lowest BCUT2D eigenvalue weighted by molar-refractivity contribution is -0.139. The number of hydrogen-bond donors (Lipinski definition) is 1. The molecule has 0 bridgehead atoms. The van der Waals surface area contributed by atoms with Crippen molar-refractivity contribution in [2.75, 3.05) is 13.1 Å². The minimum Gasteiger partial charge on any atom is -0.339 e. The minimum atomic E-state index is 0. The van der Waals surface area contributed by atoms with Crippen LogP contribution in [0, 0.1) is 17.8 Å². The normalized spacial score (nSPS) is 35.0. The van der Waals surface area contributed by atoms with E-state index in [1.165, 1.54) is 38.5 Å². The van der Waals surface area contributed by atoms with Crippen LogP contribution in [0.1, 0.15) is 51.4 Å². The second-order valence-corrected chi connectivity index (χ2v) is 6.47. The first-order valence-electron chi connectivity index (χ1n) is 7.82. The summed E-state index contributed by atoms with van der Waals surface area (Å²) in [5, 5.41) is 0. The quantitative estimate of drug-likeness (QED) is 0.867. The van der Waals surface area contributed by atoms with Gasteiger partial charge in [-0.3, -0.25) is 4.79 Å². The number of rotatable bonds is 3. The third kappa shape index (κ3) is 2.78. The van der Waals surface area contributed by atoms with E-state index in [1.54, 1.807) is 0 Å². The molecule has 3 nitrogen and oxygen atoms in total. The number of nitrogens with zero attached hydrogens (tertiary/aromatic N) is 1. The van der Waals surface area contributed by atoms with Crippen molar-refractivity contribution in [3.05, 3.63) is 0 Å². The summed E-state index contributed by atoms with van der Waals surface area (Å²) in [6, 6.07) is 0.574. The molecule has 1 saturated heterocycles. The molecule has 0 aromatic carbocycles. The Kier molecular flexibility index (Phi) is 5.13. The van der Waals surface area contributed by atoms with E-state index in [9.17, 15) is 4.79 Å². The zero-order chi connectivity index (χ0) is 12.5. The van der Waals surface area contributed by atoms with E-state index in [1.807, 2.05) is 0 Å². The summed E-state index contributed by atoms with van der Waals surface area (Å²) in [5.74, 6) is 1.96. The molecule has 0 spiro atoms. The average molecular weight is 287 g/mol. The topological polar surface area (TPSA) is 46.3 Å². The lowest BCUT2D eigenvalue weighted by atomic mass is 9.78. The van der Waals surface area contributed by atoms with Crippen LogP contribution in [0.15, 0.2) is 0 Å². The van der Waals surface area contributed by atoms with E-state index in [4.69, 9.17) is 5.73 Å². The van der Waals surface area contributed by atoms with Gasteiger partial charge in [-0.15, -0.1) is 12.4 Å². The molecule has 1 heterocycles. The number of halogens is 1. The molecular formula is C15H27ClN2O. The van der Waals surface area contributed by atoms with Gasteiger partial charge in [-0.1, -0.05) is 12.8 Å². The number of nitrogens with two attached hydrogens (primary N) is 1. The molecule has 2 saturated carbocycles. The van der Waals surface area contributed by atoms with Gasteiger partial charge in [-0.2, -0.15) is 0 Å². The van der Waals surface area contributed by atoms with Crippen molar-refractivity contribution in [3.63, 3.8) is 0 Å². The Hall–Kier alpha value is -0.280. The second-order valence-electron chi connectivity index (χ2n) is 6.47. The summed E-state index contributed by atoms with van der Waals surface area (Å²) in [5.41, 5.74) is 5.82. The van der Waals surface area contributed by atoms with E-state index in [0.29, 0.717) is 24.4 Å². The maximum Gasteiger partial charge on any atom is 0.226 e. The Morgan fingerprint density at radius 1 is 1.05 bits per heavy atom. The number of hydrogen-bond acceptors (Lipinski definition) is 2. The van der Waals surface area contributed by atoms with Gasteiger partial charge in [0.05, 0.1) is 0 Å². The molecule has 0 aromatic rings. The van der Waals surface area contributed by atoms with Gasteiger partial charge in [0.2, 0.25) is 5.91 Å². The van der Waals surface area contributed by atoms with Crippen LogP contribution in [0.5, 0.6) is 0 Å². The van der Waals surface area contributed by atoms with Crippen LogP contribution < -0.4 is 5.73 Å². The molecule has 0 aromatic heterocycles. The molecule has 3 atom stereocenters. The van der Waals surface area contributed by atoms with Crippen LogP contribution in [-0.2, 0) is 4.79 Å². The van der Waals surface area contributed by atoms with E-state index in [0.717, 1.165) is 25.3 Å². The maximum atomic E-state index is 12.7. The molecule has 0 radical (unpaired) electrons. The van der Waals surface area contributed by atoms with Gasteiger partial charge in [0.15, 0.2) is 0 Å². The first-order valence-corrected chi connectivity index (χ1v) is 7.82. The molecule has 3 aliphatic rings. The predicted molar refractivity (Wildman–Crippen MR) is 79.2 cm³/mol. The summed E-state index contributed by atoms with van der Waals surface area (Å²) in [6.45, 7) is 1.70. The maximum absolute atomic E-state index is 12.7. The highest BCUT2D eigenvalue weighted by molar-refractivity contribution is 5.85. The zero-order valence-electron chi connectivity index (χ0n) is 11.7. The summed E-state index contributed by atoms with van der Waals surface area (Å²) in [6.07, 6.45) is 9.96. The van der Waals surface area contributed by atoms with Crippen molar-refractivity contribution in [2.24, 2.45) is 23.5 Å². The van der Waals surface area contributed by atoms with E-state index >= 15 is 0 Å². The van der Waals surface area contributed by atoms with Crippen LogP contribution in [0.3, 0.4) is 0 Å². The monoisotopic (exact) mass is 286 g/mol. The molecule has 4 heteroatoms. The first kappa shape index (κ1) is 15.1. The lowest BCUT2D eigenvalue weighted by Crippen LogP contribution is -2.46. The second kappa shape index (κ2) is 6.45. The summed E-state index contributed by atoms with van der Waals surface area (Å²) in [4.78, 5) is 15.0. The molecule has 3 rings (SSSR count). The smallest absolute Gasteiger partial charge is 0.226 e. The third-order valence-electron chi connectivity index (χ3n) is 5.56. The number of amides is 1. The molecule has 1 amide bonds. The van der Waals surface area contributed by atoms with Crippen LogP contribution in [0.2, 0.25) is 0 Å². The van der Waals surface area contributed by atoms with Gasteiger partial charge in [-0.05, 0) is 56.9 Å². The highest BCUT2D eigenvalue weighted by Crippen LogP contribution is 2.40. The Bertz CT molecular complexity index is 319. The fraction of sp³-hybridized carbons (Fsp3) is 0.933. The van der Waals surface area contributed by atoms with Crippen LogP contribution in [0.25, 0.3) is 0 Å².